The lowest BCUT2D eigenvalue weighted by atomic mass is 9.84. The molecule has 0 radical (unpaired) electrons. The summed E-state index contributed by atoms with van der Waals surface area (Å²) in [4.78, 5) is 27.5. The first-order valence-corrected chi connectivity index (χ1v) is 9.14. The third kappa shape index (κ3) is 3.88. The molecule has 6 nitrogen and oxygen atoms in total. The molecule has 26 heavy (non-hydrogen) atoms. The fraction of sp³-hybridized carbons (Fsp3) is 0.579. The van der Waals surface area contributed by atoms with E-state index in [4.69, 9.17) is 4.74 Å². The molecule has 2 fully saturated rings. The Morgan fingerprint density at radius 3 is 3.00 bits per heavy atom. The Morgan fingerprint density at radius 1 is 1.38 bits per heavy atom. The smallest absolute Gasteiger partial charge is 0.251 e. The summed E-state index contributed by atoms with van der Waals surface area (Å²) in [5, 5.41) is 5.93. The summed E-state index contributed by atoms with van der Waals surface area (Å²) in [6, 6.07) is 5.52. The van der Waals surface area contributed by atoms with Crippen molar-refractivity contribution < 1.29 is 18.7 Å². The van der Waals surface area contributed by atoms with Crippen LogP contribution in [0.4, 0.5) is 4.39 Å². The van der Waals surface area contributed by atoms with Crippen molar-refractivity contribution in [1.29, 1.82) is 0 Å². The van der Waals surface area contributed by atoms with Crippen LogP contribution in [-0.4, -0.2) is 61.6 Å². The number of nitrogens with zero attached hydrogens (tertiary/aromatic N) is 1. The first-order chi connectivity index (χ1) is 12.5. The zero-order valence-corrected chi connectivity index (χ0v) is 15.1. The molecule has 3 rings (SSSR count). The molecule has 7 heteroatoms. The predicted molar refractivity (Wildman–Crippen MR) is 95.3 cm³/mol. The Labute approximate surface area is 153 Å². The van der Waals surface area contributed by atoms with Crippen LogP contribution in [0.15, 0.2) is 24.3 Å². The Balaban J connectivity index is 1.68. The molecule has 1 aromatic carbocycles. The van der Waals surface area contributed by atoms with E-state index in [1.165, 1.54) is 18.2 Å². The van der Waals surface area contributed by atoms with Crippen molar-refractivity contribution in [2.24, 2.45) is 0 Å². The van der Waals surface area contributed by atoms with Crippen molar-refractivity contribution in [3.05, 3.63) is 35.6 Å². The molecule has 0 aromatic heterocycles. The molecule has 0 spiro atoms. The summed E-state index contributed by atoms with van der Waals surface area (Å²) in [6.45, 7) is 2.44. The molecule has 0 unspecified atom stereocenters. The van der Waals surface area contributed by atoms with Crippen LogP contribution in [0.2, 0.25) is 0 Å². The third-order valence-electron chi connectivity index (χ3n) is 5.34. The van der Waals surface area contributed by atoms with Gasteiger partial charge in [-0.1, -0.05) is 6.07 Å². The molecule has 0 aliphatic carbocycles. The topological polar surface area (TPSA) is 70.7 Å². The number of ether oxygens (including phenoxy) is 1. The van der Waals surface area contributed by atoms with Crippen molar-refractivity contribution in [3.8, 4) is 0 Å². The fourth-order valence-corrected chi connectivity index (χ4v) is 4.10. The van der Waals surface area contributed by atoms with Crippen LogP contribution < -0.4 is 10.6 Å². The second-order valence-electron chi connectivity index (χ2n) is 7.07. The predicted octanol–water partition coefficient (Wildman–Crippen LogP) is 1.32. The second-order valence-corrected chi connectivity index (χ2v) is 7.07. The largest absolute Gasteiger partial charge is 0.383 e. The maximum Gasteiger partial charge on any atom is 0.251 e. The minimum Gasteiger partial charge on any atom is -0.383 e. The lowest BCUT2D eigenvalue weighted by Crippen LogP contribution is -2.57. The van der Waals surface area contributed by atoms with E-state index in [1.54, 1.807) is 13.2 Å². The zero-order chi connectivity index (χ0) is 18.6. The van der Waals surface area contributed by atoms with Crippen LogP contribution in [0.5, 0.6) is 0 Å². The molecular weight excluding hydrogens is 337 g/mol. The highest BCUT2D eigenvalue weighted by atomic mass is 19.1. The second kappa shape index (κ2) is 8.14. The van der Waals surface area contributed by atoms with Gasteiger partial charge in [0, 0.05) is 31.8 Å². The Hall–Kier alpha value is -1.99. The van der Waals surface area contributed by atoms with Gasteiger partial charge >= 0.3 is 0 Å². The average molecular weight is 363 g/mol. The minimum atomic E-state index is -0.564. The number of rotatable bonds is 6. The summed E-state index contributed by atoms with van der Waals surface area (Å²) >= 11 is 0. The number of piperidine rings is 1. The number of nitrogens with one attached hydrogen (secondary N) is 2. The van der Waals surface area contributed by atoms with Crippen LogP contribution in [0, 0.1) is 5.82 Å². The number of carbonyl (C=O) groups excluding carboxylic acids is 2. The van der Waals surface area contributed by atoms with Gasteiger partial charge in [-0.25, -0.2) is 4.39 Å². The number of hydrogen-bond donors (Lipinski definition) is 2. The fourth-order valence-electron chi connectivity index (χ4n) is 4.10. The van der Waals surface area contributed by atoms with E-state index in [0.717, 1.165) is 25.8 Å². The van der Waals surface area contributed by atoms with E-state index in [2.05, 4.69) is 15.5 Å². The Bertz CT molecular complexity index is 669. The Morgan fingerprint density at radius 2 is 2.23 bits per heavy atom. The molecule has 0 saturated carbocycles. The number of amides is 2. The average Bonchev–Trinajstić information content (AvgIpc) is 3.01. The number of benzene rings is 1. The molecule has 2 N–H and O–H groups in total. The standard InChI is InChI=1S/C19H26FN3O3/c1-26-10-8-21-18(25)19-7-2-3-9-23(19)13-16(12-19)22-17(24)14-5-4-6-15(20)11-14/h4-6,11,16H,2-3,7-10,12-13H2,1H3,(H,21,25)(H,22,24)/t16-,19-/m0/s1. The summed E-state index contributed by atoms with van der Waals surface area (Å²) in [5.41, 5.74) is -0.264. The molecule has 2 heterocycles. The van der Waals surface area contributed by atoms with Gasteiger partial charge in [-0.2, -0.15) is 0 Å². The van der Waals surface area contributed by atoms with Crippen LogP contribution in [-0.2, 0) is 9.53 Å². The molecule has 1 aromatic rings. The maximum absolute atomic E-state index is 13.3. The molecule has 2 atom stereocenters. The lowest BCUT2D eigenvalue weighted by Gasteiger charge is -2.40. The summed E-state index contributed by atoms with van der Waals surface area (Å²) in [5.74, 6) is -0.725. The molecule has 2 saturated heterocycles. The van der Waals surface area contributed by atoms with Gasteiger partial charge in [0.05, 0.1) is 6.61 Å². The molecule has 2 aliphatic heterocycles. The molecular formula is C19H26FN3O3. The van der Waals surface area contributed by atoms with Crippen molar-refractivity contribution in [2.75, 3.05) is 33.4 Å². The van der Waals surface area contributed by atoms with Gasteiger partial charge in [0.25, 0.3) is 5.91 Å². The monoisotopic (exact) mass is 363 g/mol. The first kappa shape index (κ1) is 18.8. The summed E-state index contributed by atoms with van der Waals surface area (Å²) < 4.78 is 18.4. The SMILES string of the molecule is COCCNC(=O)[C@@]12CCCCN1C[C@@H](NC(=O)c1cccc(F)c1)C2. The van der Waals surface area contributed by atoms with E-state index < -0.39 is 11.4 Å². The van der Waals surface area contributed by atoms with Crippen LogP contribution in [0.1, 0.15) is 36.0 Å². The third-order valence-corrected chi connectivity index (χ3v) is 5.34. The van der Waals surface area contributed by atoms with E-state index in [1.807, 2.05) is 0 Å². The van der Waals surface area contributed by atoms with Crippen LogP contribution >= 0.6 is 0 Å². The minimum absolute atomic E-state index is 0.0109. The number of methoxy groups -OCH3 is 1. The van der Waals surface area contributed by atoms with Gasteiger partial charge in [-0.3, -0.25) is 14.5 Å². The van der Waals surface area contributed by atoms with Gasteiger partial charge in [0.1, 0.15) is 11.4 Å². The van der Waals surface area contributed by atoms with Gasteiger partial charge in [0.15, 0.2) is 0 Å². The number of halogens is 1. The van der Waals surface area contributed by atoms with E-state index in [-0.39, 0.29) is 17.9 Å². The van der Waals surface area contributed by atoms with Crippen LogP contribution in [0.3, 0.4) is 0 Å². The van der Waals surface area contributed by atoms with Crippen molar-refractivity contribution in [1.82, 2.24) is 15.5 Å². The molecule has 0 bridgehead atoms. The van der Waals surface area contributed by atoms with Gasteiger partial charge in [-0.15, -0.1) is 0 Å². The van der Waals surface area contributed by atoms with Gasteiger partial charge < -0.3 is 15.4 Å². The summed E-state index contributed by atoms with van der Waals surface area (Å²) in [7, 11) is 1.60. The first-order valence-electron chi connectivity index (χ1n) is 9.14. The number of carbonyl (C=O) groups is 2. The van der Waals surface area contributed by atoms with Crippen LogP contribution in [0.25, 0.3) is 0 Å². The van der Waals surface area contributed by atoms with Crippen molar-refractivity contribution in [3.63, 3.8) is 0 Å². The van der Waals surface area contributed by atoms with E-state index >= 15 is 0 Å². The van der Waals surface area contributed by atoms with Gasteiger partial charge in [-0.05, 0) is 50.4 Å². The zero-order valence-electron chi connectivity index (χ0n) is 15.1. The highest BCUT2D eigenvalue weighted by Gasteiger charge is 2.52. The summed E-state index contributed by atoms with van der Waals surface area (Å²) in [6.07, 6.45) is 3.42. The van der Waals surface area contributed by atoms with E-state index in [9.17, 15) is 14.0 Å². The maximum atomic E-state index is 13.3. The number of hydrogen-bond acceptors (Lipinski definition) is 4. The van der Waals surface area contributed by atoms with E-state index in [0.29, 0.717) is 31.7 Å². The number of fused-ring (bicyclic) bond motifs is 1. The quantitative estimate of drug-likeness (QED) is 0.748. The van der Waals surface area contributed by atoms with Crippen molar-refractivity contribution >= 4 is 11.8 Å². The highest BCUT2D eigenvalue weighted by molar-refractivity contribution is 5.94. The Kier molecular flexibility index (Phi) is 5.88. The lowest BCUT2D eigenvalue weighted by molar-refractivity contribution is -0.134. The van der Waals surface area contributed by atoms with Crippen molar-refractivity contribution in [2.45, 2.75) is 37.3 Å². The highest BCUT2D eigenvalue weighted by Crippen LogP contribution is 2.38. The normalized spacial score (nSPS) is 25.5. The molecule has 142 valence electrons. The molecule has 2 amide bonds. The molecule has 2 aliphatic rings. The van der Waals surface area contributed by atoms with Gasteiger partial charge in [0.2, 0.25) is 5.91 Å².